The molecule has 11 nitrogen and oxygen atoms in total. The summed E-state index contributed by atoms with van der Waals surface area (Å²) in [6.07, 6.45) is 1.27. The van der Waals surface area contributed by atoms with Crippen LogP contribution < -0.4 is 0 Å². The molecule has 222 valence electrons. The van der Waals surface area contributed by atoms with Gasteiger partial charge in [0.15, 0.2) is 17.7 Å². The first kappa shape index (κ1) is 29.1. The summed E-state index contributed by atoms with van der Waals surface area (Å²) in [5.41, 5.74) is -1.71. The molecule has 0 spiro atoms. The van der Waals surface area contributed by atoms with E-state index >= 15 is 0 Å². The van der Waals surface area contributed by atoms with Crippen LogP contribution in [-0.2, 0) is 48.1 Å². The molecule has 4 bridgehead atoms. The van der Waals surface area contributed by atoms with E-state index in [9.17, 15) is 26.8 Å². The summed E-state index contributed by atoms with van der Waals surface area (Å²) in [5, 5.41) is -5.08. The predicted molar refractivity (Wildman–Crippen MR) is 127 cm³/mol. The van der Waals surface area contributed by atoms with Gasteiger partial charge in [0.25, 0.3) is 0 Å². The molecule has 2 heterocycles. The first-order valence-electron chi connectivity index (χ1n) is 13.2. The van der Waals surface area contributed by atoms with Crippen molar-refractivity contribution in [1.29, 1.82) is 0 Å². The number of rotatable bonds is 8. The summed E-state index contributed by atoms with van der Waals surface area (Å²) in [6, 6.07) is 0. The molecule has 6 aliphatic rings. The monoisotopic (exact) mass is 582 g/mol. The summed E-state index contributed by atoms with van der Waals surface area (Å²) >= 11 is 0. The molecule has 0 aromatic rings. The Morgan fingerprint density at radius 2 is 1.49 bits per heavy atom. The van der Waals surface area contributed by atoms with E-state index in [0.29, 0.717) is 25.7 Å². The van der Waals surface area contributed by atoms with Crippen LogP contribution in [0.1, 0.15) is 66.2 Å². The van der Waals surface area contributed by atoms with E-state index in [2.05, 4.69) is 0 Å². The lowest BCUT2D eigenvalue weighted by molar-refractivity contribution is -0.215. The fourth-order valence-corrected chi connectivity index (χ4v) is 7.93. The van der Waals surface area contributed by atoms with Crippen molar-refractivity contribution in [1.82, 2.24) is 0 Å². The molecule has 4 aliphatic carbocycles. The Hall–Kier alpha value is -1.45. The molecule has 0 aromatic heterocycles. The molecule has 2 aliphatic heterocycles. The fraction of sp³-hybridized carbons (Fsp3) is 0.920. The van der Waals surface area contributed by atoms with E-state index in [-0.39, 0.29) is 31.5 Å². The molecule has 2 saturated heterocycles. The molecular weight excluding hydrogens is 546 g/mol. The van der Waals surface area contributed by atoms with Gasteiger partial charge in [0.05, 0.1) is 25.2 Å². The average Bonchev–Trinajstić information content (AvgIpc) is 3.34. The Kier molecular flexibility index (Phi) is 6.91. The van der Waals surface area contributed by atoms with Gasteiger partial charge in [-0.1, -0.05) is 0 Å². The molecule has 0 aromatic carbocycles. The van der Waals surface area contributed by atoms with Crippen molar-refractivity contribution >= 4 is 22.1 Å². The summed E-state index contributed by atoms with van der Waals surface area (Å²) in [5.74, 6) is -4.35. The smallest absolute Gasteiger partial charge is 0.460 e. The molecule has 39 heavy (non-hydrogen) atoms. The van der Waals surface area contributed by atoms with Crippen molar-refractivity contribution in [3.63, 3.8) is 0 Å². The van der Waals surface area contributed by atoms with Crippen molar-refractivity contribution in [2.75, 3.05) is 19.8 Å². The maximum Gasteiger partial charge on any atom is 0.465 e. The van der Waals surface area contributed by atoms with Gasteiger partial charge in [-0.25, -0.2) is 4.79 Å². The number of carbonyl (C=O) groups is 2. The minimum Gasteiger partial charge on any atom is -0.460 e. The highest BCUT2D eigenvalue weighted by Gasteiger charge is 2.63. The molecular formula is C25H36F2O11S. The van der Waals surface area contributed by atoms with E-state index in [1.165, 1.54) is 0 Å². The Bertz CT molecular complexity index is 1080. The summed E-state index contributed by atoms with van der Waals surface area (Å²) in [6.45, 7) is 6.94. The van der Waals surface area contributed by atoms with Crippen LogP contribution >= 0.6 is 0 Å². The molecule has 4 saturated carbocycles. The third kappa shape index (κ3) is 5.44. The lowest BCUT2D eigenvalue weighted by Gasteiger charge is -2.60. The van der Waals surface area contributed by atoms with Crippen LogP contribution in [0.2, 0.25) is 0 Å². The van der Waals surface area contributed by atoms with Crippen molar-refractivity contribution in [3.8, 4) is 0 Å². The lowest BCUT2D eigenvalue weighted by atomic mass is 9.44. The largest absolute Gasteiger partial charge is 0.465 e. The van der Waals surface area contributed by atoms with Crippen molar-refractivity contribution in [2.24, 2.45) is 22.7 Å². The van der Waals surface area contributed by atoms with Gasteiger partial charge < -0.3 is 28.4 Å². The maximum absolute atomic E-state index is 14.0. The molecule has 6 rings (SSSR count). The van der Waals surface area contributed by atoms with Crippen LogP contribution in [0, 0.1) is 22.7 Å². The van der Waals surface area contributed by atoms with E-state index < -0.39 is 74.6 Å². The Labute approximate surface area is 225 Å². The zero-order valence-electron chi connectivity index (χ0n) is 22.4. The highest BCUT2D eigenvalue weighted by atomic mass is 32.2. The minimum absolute atomic E-state index is 0.0908. The molecule has 14 heteroatoms. The number of esters is 2. The molecule has 6 fully saturated rings. The van der Waals surface area contributed by atoms with E-state index in [0.717, 1.165) is 6.42 Å². The standard InChI is InChI=1S/C25H36F2O11S/c1-21(2)34-10-16(37-21)18(17-11-35-22(3,4)38-17)36-19(28)24-8-14-5-15(9-24)7-23(6-14,12-24)13-33-20(29)25(26,27)39(30,31)32/h14-18H,5-13H2,1-4H3,(H,30,31,32). The van der Waals surface area contributed by atoms with E-state index in [1.807, 2.05) is 0 Å². The van der Waals surface area contributed by atoms with Crippen LogP contribution in [0.25, 0.3) is 0 Å². The first-order chi connectivity index (χ1) is 17.8. The van der Waals surface area contributed by atoms with Crippen molar-refractivity contribution in [3.05, 3.63) is 0 Å². The maximum atomic E-state index is 14.0. The lowest BCUT2D eigenvalue weighted by Crippen LogP contribution is -2.58. The van der Waals surface area contributed by atoms with Gasteiger partial charge in [0.1, 0.15) is 12.2 Å². The second kappa shape index (κ2) is 9.28. The molecule has 4 atom stereocenters. The van der Waals surface area contributed by atoms with Crippen molar-refractivity contribution in [2.45, 2.75) is 101 Å². The Morgan fingerprint density at radius 3 is 1.92 bits per heavy atom. The van der Waals surface area contributed by atoms with Gasteiger partial charge >= 0.3 is 27.3 Å². The number of ether oxygens (including phenoxy) is 6. The van der Waals surface area contributed by atoms with Gasteiger partial charge in [0, 0.05) is 5.41 Å². The predicted octanol–water partition coefficient (Wildman–Crippen LogP) is 2.81. The number of hydrogen-bond acceptors (Lipinski definition) is 10. The van der Waals surface area contributed by atoms with Gasteiger partial charge in [-0.3, -0.25) is 9.35 Å². The number of alkyl halides is 2. The zero-order valence-corrected chi connectivity index (χ0v) is 23.3. The normalized spacial score (nSPS) is 39.5. The number of carbonyl (C=O) groups excluding carboxylic acids is 2. The summed E-state index contributed by atoms with van der Waals surface area (Å²) in [4.78, 5) is 25.9. The molecule has 0 amide bonds. The Morgan fingerprint density at radius 1 is 0.974 bits per heavy atom. The third-order valence-electron chi connectivity index (χ3n) is 8.72. The minimum atomic E-state index is -5.98. The molecule has 0 radical (unpaired) electrons. The van der Waals surface area contributed by atoms with Crippen LogP contribution in [0.5, 0.6) is 0 Å². The quantitative estimate of drug-likeness (QED) is 0.333. The van der Waals surface area contributed by atoms with Crippen LogP contribution in [-0.4, -0.2) is 79.9 Å². The average molecular weight is 583 g/mol. The van der Waals surface area contributed by atoms with Crippen LogP contribution in [0.15, 0.2) is 0 Å². The fourth-order valence-electron chi connectivity index (χ4n) is 7.66. The van der Waals surface area contributed by atoms with Crippen LogP contribution in [0.3, 0.4) is 0 Å². The van der Waals surface area contributed by atoms with E-state index in [4.69, 9.17) is 33.0 Å². The first-order valence-corrected chi connectivity index (χ1v) is 14.7. The topological polar surface area (TPSA) is 144 Å². The Balaban J connectivity index is 1.34. The summed E-state index contributed by atoms with van der Waals surface area (Å²) < 4.78 is 92.7. The van der Waals surface area contributed by atoms with Gasteiger partial charge in [-0.05, 0) is 78.1 Å². The number of halogens is 2. The highest BCUT2D eigenvalue weighted by molar-refractivity contribution is 7.87. The van der Waals surface area contributed by atoms with Gasteiger partial charge in [-0.2, -0.15) is 17.2 Å². The van der Waals surface area contributed by atoms with E-state index in [1.54, 1.807) is 27.7 Å². The number of hydrogen-bond donors (Lipinski definition) is 1. The molecule has 4 unspecified atom stereocenters. The van der Waals surface area contributed by atoms with Crippen molar-refractivity contribution < 1.29 is 59.8 Å². The summed E-state index contributed by atoms with van der Waals surface area (Å²) in [7, 11) is -5.98. The van der Waals surface area contributed by atoms with Gasteiger partial charge in [-0.15, -0.1) is 0 Å². The third-order valence-corrected chi connectivity index (χ3v) is 9.54. The molecule has 1 N–H and O–H groups in total. The second-order valence-electron chi connectivity index (χ2n) is 12.9. The van der Waals surface area contributed by atoms with Crippen LogP contribution in [0.4, 0.5) is 8.78 Å². The second-order valence-corrected chi connectivity index (χ2v) is 14.4. The zero-order chi connectivity index (χ0) is 28.6. The SMILES string of the molecule is CC1(C)OCC(C(OC(=O)C23CC4CC(CC(COC(=O)C(F)(F)S(=O)(=O)O)(C4)C2)C3)C2COC(C)(C)O2)O1. The highest BCUT2D eigenvalue weighted by Crippen LogP contribution is 2.66. The van der Waals surface area contributed by atoms with Gasteiger partial charge in [0.2, 0.25) is 0 Å².